The van der Waals surface area contributed by atoms with Crippen LogP contribution in [0.4, 0.5) is 0 Å². The first kappa shape index (κ1) is 49.8. The molecule has 0 amide bonds. The zero-order valence-electron chi connectivity index (χ0n) is 39.6. The van der Waals surface area contributed by atoms with Crippen molar-refractivity contribution in [2.75, 3.05) is 6.61 Å². The molecule has 0 aromatic rings. The molecular weight excluding hydrogens is 749 g/mol. The summed E-state index contributed by atoms with van der Waals surface area (Å²) in [4.78, 5) is 12.6. The van der Waals surface area contributed by atoms with Gasteiger partial charge in [0.25, 0.3) is 0 Å². The summed E-state index contributed by atoms with van der Waals surface area (Å²) in [7, 11) is 0. The zero-order valence-corrected chi connectivity index (χ0v) is 39.6. The molecule has 14 unspecified atom stereocenters. The summed E-state index contributed by atoms with van der Waals surface area (Å²) >= 11 is 0. The highest BCUT2D eigenvalue weighted by molar-refractivity contribution is 5.69. The van der Waals surface area contributed by atoms with Gasteiger partial charge < -0.3 is 29.5 Å². The van der Waals surface area contributed by atoms with Gasteiger partial charge in [-0.3, -0.25) is 4.79 Å². The highest BCUT2D eigenvalue weighted by atomic mass is 16.7. The Hall–Kier alpha value is -1.25. The van der Waals surface area contributed by atoms with Crippen LogP contribution in [0.5, 0.6) is 0 Å². The predicted octanol–water partition coefficient (Wildman–Crippen LogP) is 12.4. The van der Waals surface area contributed by atoms with Crippen LogP contribution < -0.4 is 0 Å². The summed E-state index contributed by atoms with van der Waals surface area (Å²) in [5.41, 5.74) is 2.12. The SMILES string of the molecule is CCCCCCCCC=CCCCCCCCC(=O)OCC1OC(OC2CCC3(C)C(=CCC4C3CCC3(C)C(C(C)CCC(CC)C(C)C)CCC43)C2)C(O)C(O)C1O. The minimum absolute atomic E-state index is 0.143. The number of hydrogen-bond donors (Lipinski definition) is 3. The number of fused-ring (bicyclic) bond motifs is 5. The normalized spacial score (nSPS) is 36.4. The Kier molecular flexibility index (Phi) is 20.0. The molecule has 0 radical (unpaired) electrons. The van der Waals surface area contributed by atoms with E-state index < -0.39 is 30.7 Å². The van der Waals surface area contributed by atoms with Gasteiger partial charge in [-0.25, -0.2) is 0 Å². The van der Waals surface area contributed by atoms with Crippen molar-refractivity contribution in [1.29, 1.82) is 0 Å². The van der Waals surface area contributed by atoms with Gasteiger partial charge >= 0.3 is 5.97 Å². The van der Waals surface area contributed by atoms with Crippen molar-refractivity contribution in [3.05, 3.63) is 23.8 Å². The number of rotatable bonds is 25. The minimum atomic E-state index is -1.45. The van der Waals surface area contributed by atoms with Crippen LogP contribution >= 0.6 is 0 Å². The summed E-state index contributed by atoms with van der Waals surface area (Å²) in [5.74, 6) is 5.21. The lowest BCUT2D eigenvalue weighted by Gasteiger charge is -2.58. The second-order valence-electron chi connectivity index (χ2n) is 21.5. The Morgan fingerprint density at radius 1 is 0.817 bits per heavy atom. The number of aliphatic hydroxyl groups excluding tert-OH is 3. The Bertz CT molecular complexity index is 1330. The van der Waals surface area contributed by atoms with Crippen LogP contribution in [0.3, 0.4) is 0 Å². The van der Waals surface area contributed by atoms with Crippen LogP contribution in [0.1, 0.15) is 209 Å². The third-order valence-corrected chi connectivity index (χ3v) is 17.3. The maximum Gasteiger partial charge on any atom is 0.305 e. The minimum Gasteiger partial charge on any atom is -0.463 e. The number of esters is 1. The molecule has 5 aliphatic rings. The molecule has 14 atom stereocenters. The summed E-state index contributed by atoms with van der Waals surface area (Å²) < 4.78 is 18.0. The molecule has 0 aromatic carbocycles. The first-order valence-corrected chi connectivity index (χ1v) is 25.7. The number of ether oxygens (including phenoxy) is 3. The van der Waals surface area contributed by atoms with Crippen LogP contribution in [0.25, 0.3) is 0 Å². The summed E-state index contributed by atoms with van der Waals surface area (Å²) in [5, 5.41) is 32.5. The van der Waals surface area contributed by atoms with E-state index in [-0.39, 0.29) is 24.1 Å². The van der Waals surface area contributed by atoms with Crippen molar-refractivity contribution in [2.24, 2.45) is 52.3 Å². The summed E-state index contributed by atoms with van der Waals surface area (Å²) in [6, 6.07) is 0. The van der Waals surface area contributed by atoms with Crippen LogP contribution in [0.2, 0.25) is 0 Å². The van der Waals surface area contributed by atoms with Crippen LogP contribution in [0.15, 0.2) is 23.8 Å². The lowest BCUT2D eigenvalue weighted by atomic mass is 9.47. The van der Waals surface area contributed by atoms with Gasteiger partial charge in [-0.1, -0.05) is 136 Å². The van der Waals surface area contributed by atoms with Gasteiger partial charge in [-0.15, -0.1) is 0 Å². The molecule has 3 N–H and O–H groups in total. The van der Waals surface area contributed by atoms with Crippen molar-refractivity contribution in [1.82, 2.24) is 0 Å². The Balaban J connectivity index is 1.02. The molecule has 0 spiro atoms. The van der Waals surface area contributed by atoms with Crippen molar-refractivity contribution < 1.29 is 34.3 Å². The van der Waals surface area contributed by atoms with E-state index in [4.69, 9.17) is 14.2 Å². The monoisotopic (exact) mass is 841 g/mol. The smallest absolute Gasteiger partial charge is 0.305 e. The van der Waals surface area contributed by atoms with E-state index in [1.807, 2.05) is 0 Å². The molecule has 3 saturated carbocycles. The van der Waals surface area contributed by atoms with E-state index in [1.54, 1.807) is 0 Å². The quantitative estimate of drug-likeness (QED) is 0.0477. The standard InChI is InChI=1S/C53H92O7/c1-8-10-11-12-13-14-15-16-17-18-19-20-21-22-23-24-47(54)58-36-46-48(55)49(56)50(57)51(60-46)59-41-31-33-52(6)40(35-41)27-28-42-44-30-29-43(53(44,7)34-32-45(42)52)38(5)25-26-39(9-2)37(3)4/h16-17,27,37-39,41-46,48-51,55-57H,8-15,18-26,28-36H2,1-7H3. The maximum absolute atomic E-state index is 12.6. The highest BCUT2D eigenvalue weighted by Crippen LogP contribution is 2.67. The van der Waals surface area contributed by atoms with E-state index in [0.29, 0.717) is 17.8 Å². The van der Waals surface area contributed by atoms with E-state index in [2.05, 4.69) is 66.7 Å². The second-order valence-corrected chi connectivity index (χ2v) is 21.5. The van der Waals surface area contributed by atoms with Crippen molar-refractivity contribution in [3.8, 4) is 0 Å². The van der Waals surface area contributed by atoms with Crippen molar-refractivity contribution in [3.63, 3.8) is 0 Å². The fourth-order valence-corrected chi connectivity index (χ4v) is 13.3. The number of hydrogen-bond acceptors (Lipinski definition) is 7. The van der Waals surface area contributed by atoms with Crippen molar-refractivity contribution in [2.45, 2.75) is 246 Å². The molecule has 7 nitrogen and oxygen atoms in total. The maximum atomic E-state index is 12.6. The molecular formula is C53H92O7. The topological polar surface area (TPSA) is 105 Å². The Morgan fingerprint density at radius 3 is 2.18 bits per heavy atom. The Labute approximate surface area is 367 Å². The zero-order chi connectivity index (χ0) is 43.3. The summed E-state index contributed by atoms with van der Waals surface area (Å²) in [6.45, 7) is 17.0. The first-order valence-electron chi connectivity index (χ1n) is 25.7. The van der Waals surface area contributed by atoms with Gasteiger partial charge in [0.05, 0.1) is 6.10 Å². The lowest BCUT2D eigenvalue weighted by Crippen LogP contribution is -2.60. The van der Waals surface area contributed by atoms with Crippen LogP contribution in [-0.4, -0.2) is 64.7 Å². The van der Waals surface area contributed by atoms with Crippen LogP contribution in [0, 0.1) is 52.3 Å². The van der Waals surface area contributed by atoms with Gasteiger partial charge in [0.1, 0.15) is 31.0 Å². The van der Waals surface area contributed by atoms with E-state index in [9.17, 15) is 20.1 Å². The third-order valence-electron chi connectivity index (χ3n) is 17.3. The molecule has 1 saturated heterocycles. The average molecular weight is 841 g/mol. The van der Waals surface area contributed by atoms with Gasteiger partial charge in [0.15, 0.2) is 6.29 Å². The summed E-state index contributed by atoms with van der Waals surface area (Å²) in [6.07, 6.45) is 30.1. The van der Waals surface area contributed by atoms with Gasteiger partial charge in [0, 0.05) is 6.42 Å². The molecule has 4 aliphatic carbocycles. The highest BCUT2D eigenvalue weighted by Gasteiger charge is 2.59. The first-order chi connectivity index (χ1) is 28.8. The van der Waals surface area contributed by atoms with E-state index in [0.717, 1.165) is 93.3 Å². The molecule has 60 heavy (non-hydrogen) atoms. The predicted molar refractivity (Wildman–Crippen MR) is 244 cm³/mol. The molecule has 0 bridgehead atoms. The van der Waals surface area contributed by atoms with Crippen LogP contribution in [-0.2, 0) is 19.0 Å². The van der Waals surface area contributed by atoms with Gasteiger partial charge in [0.2, 0.25) is 0 Å². The Morgan fingerprint density at radius 2 is 1.50 bits per heavy atom. The fraction of sp³-hybridized carbons (Fsp3) is 0.906. The fourth-order valence-electron chi connectivity index (χ4n) is 13.3. The lowest BCUT2D eigenvalue weighted by molar-refractivity contribution is -0.313. The molecule has 346 valence electrons. The number of aliphatic hydroxyl groups is 3. The second kappa shape index (κ2) is 24.2. The molecule has 1 aliphatic heterocycles. The number of unbranched alkanes of at least 4 members (excludes halogenated alkanes) is 11. The van der Waals surface area contributed by atoms with E-state index >= 15 is 0 Å². The van der Waals surface area contributed by atoms with Gasteiger partial charge in [-0.2, -0.15) is 0 Å². The molecule has 7 heteroatoms. The largest absolute Gasteiger partial charge is 0.463 e. The molecule has 0 aromatic heterocycles. The molecule has 5 rings (SSSR count). The molecule has 4 fully saturated rings. The third kappa shape index (κ3) is 12.7. The number of carbonyl (C=O) groups excluding carboxylic acids is 1. The number of carbonyl (C=O) groups is 1. The van der Waals surface area contributed by atoms with E-state index in [1.165, 1.54) is 102 Å². The van der Waals surface area contributed by atoms with Crippen molar-refractivity contribution >= 4 is 5.97 Å². The molecule has 1 heterocycles. The average Bonchev–Trinajstić information content (AvgIpc) is 3.59. The van der Waals surface area contributed by atoms with Gasteiger partial charge in [-0.05, 0) is 142 Å². The number of allylic oxidation sites excluding steroid dienone is 3.